The van der Waals surface area contributed by atoms with E-state index < -0.39 is 0 Å². The number of aryl methyl sites for hydroxylation is 1. The van der Waals surface area contributed by atoms with Crippen LogP contribution in [0, 0.1) is 0 Å². The molecule has 4 aromatic rings. The van der Waals surface area contributed by atoms with Gasteiger partial charge in [0, 0.05) is 62.8 Å². The van der Waals surface area contributed by atoms with Crippen molar-refractivity contribution < 1.29 is 9.53 Å². The van der Waals surface area contributed by atoms with Crippen LogP contribution >= 0.6 is 0 Å². The Kier molecular flexibility index (Phi) is 9.07. The molecule has 2 fully saturated rings. The predicted molar refractivity (Wildman–Crippen MR) is 174 cm³/mol. The summed E-state index contributed by atoms with van der Waals surface area (Å²) in [6.45, 7) is 7.18. The molecule has 2 aromatic carbocycles. The third-order valence-electron chi connectivity index (χ3n) is 9.03. The number of ether oxygens (including phenoxy) is 1. The van der Waals surface area contributed by atoms with Gasteiger partial charge >= 0.3 is 0 Å². The first-order chi connectivity index (χ1) is 21.3. The summed E-state index contributed by atoms with van der Waals surface area (Å²) >= 11 is 0. The molecule has 1 saturated heterocycles. The van der Waals surface area contributed by atoms with E-state index in [9.17, 15) is 4.79 Å². The number of likely N-dealkylation sites (N-methyl/N-ethyl adjacent to an activating group) is 1. The third kappa shape index (κ3) is 7.01. The highest BCUT2D eigenvalue weighted by molar-refractivity contribution is 5.99. The summed E-state index contributed by atoms with van der Waals surface area (Å²) < 4.78 is 8.05. The van der Waals surface area contributed by atoms with Gasteiger partial charge in [-0.1, -0.05) is 48.5 Å². The lowest BCUT2D eigenvalue weighted by Gasteiger charge is -2.38. The number of hydrogen-bond acceptors (Lipinski definition) is 7. The fraction of sp³-hybridized carbons (Fsp3) is 0.400. The van der Waals surface area contributed by atoms with E-state index in [1.165, 1.54) is 16.7 Å². The van der Waals surface area contributed by atoms with Crippen LogP contribution in [0.5, 0.6) is 0 Å². The first kappa shape index (κ1) is 30.0. The number of amides is 1. The number of piperazine rings is 1. The molecule has 0 bridgehead atoms. The quantitative estimate of drug-likeness (QED) is 0.289. The Morgan fingerprint density at radius 3 is 2.36 bits per heavy atom. The SMILES string of the molecule is CC1CN(C)CCN1Cc1ccc(-c2ccc(CO[C@H]3CCC[C@@H]3NC(=O)c3cc(-c4cnn(C)c4)cnc3N)cc2)cc1. The normalized spacial score (nSPS) is 21.0. The van der Waals surface area contributed by atoms with Gasteiger partial charge in [-0.2, -0.15) is 5.10 Å². The average molecular weight is 594 g/mol. The van der Waals surface area contributed by atoms with E-state index in [-0.39, 0.29) is 23.9 Å². The summed E-state index contributed by atoms with van der Waals surface area (Å²) in [6, 6.07) is 19.8. The van der Waals surface area contributed by atoms with Gasteiger partial charge in [0.05, 0.1) is 30.5 Å². The van der Waals surface area contributed by atoms with Crippen molar-refractivity contribution in [3.63, 3.8) is 0 Å². The van der Waals surface area contributed by atoms with Gasteiger partial charge in [-0.3, -0.25) is 14.4 Å². The van der Waals surface area contributed by atoms with Crippen LogP contribution in [0.4, 0.5) is 5.82 Å². The number of pyridine rings is 1. The largest absolute Gasteiger partial charge is 0.383 e. The Labute approximate surface area is 260 Å². The topological polar surface area (TPSA) is 102 Å². The Morgan fingerprint density at radius 2 is 1.68 bits per heavy atom. The zero-order chi connectivity index (χ0) is 30.6. The molecule has 1 amide bonds. The number of nitrogens with one attached hydrogen (secondary N) is 1. The van der Waals surface area contributed by atoms with E-state index in [2.05, 4.69) is 87.7 Å². The highest BCUT2D eigenvalue weighted by Gasteiger charge is 2.30. The highest BCUT2D eigenvalue weighted by Crippen LogP contribution is 2.27. The number of nitrogens with zero attached hydrogens (tertiary/aromatic N) is 5. The molecule has 0 spiro atoms. The molecule has 0 radical (unpaired) electrons. The van der Waals surface area contributed by atoms with Crippen LogP contribution in [0.1, 0.15) is 47.7 Å². The van der Waals surface area contributed by atoms with E-state index in [4.69, 9.17) is 10.5 Å². The van der Waals surface area contributed by atoms with E-state index >= 15 is 0 Å². The van der Waals surface area contributed by atoms with E-state index in [0.717, 1.165) is 62.1 Å². The third-order valence-corrected chi connectivity index (χ3v) is 9.03. The summed E-state index contributed by atoms with van der Waals surface area (Å²) in [5.41, 5.74) is 13.0. The second-order valence-corrected chi connectivity index (χ2v) is 12.4. The summed E-state index contributed by atoms with van der Waals surface area (Å²) in [7, 11) is 4.05. The average Bonchev–Trinajstić information content (AvgIpc) is 3.67. The maximum absolute atomic E-state index is 13.2. The number of hydrogen-bond donors (Lipinski definition) is 2. The molecule has 1 unspecified atom stereocenters. The van der Waals surface area contributed by atoms with Crippen molar-refractivity contribution in [2.75, 3.05) is 32.4 Å². The maximum atomic E-state index is 13.2. The number of aromatic nitrogens is 3. The molecule has 1 aliphatic heterocycles. The minimum atomic E-state index is -0.227. The zero-order valence-electron chi connectivity index (χ0n) is 25.9. The Bertz CT molecular complexity index is 1570. The van der Waals surface area contributed by atoms with Gasteiger partial charge in [0.1, 0.15) is 5.82 Å². The second kappa shape index (κ2) is 13.3. The molecule has 44 heavy (non-hydrogen) atoms. The standard InChI is InChI=1S/C35H43N7O2/c1-24-20-40(2)15-16-42(24)21-25-7-11-27(12-8-25)28-13-9-26(10-14-28)23-44-33-6-4-5-32(33)39-35(43)31-17-29(18-37-34(31)36)30-19-38-41(3)22-30/h7-14,17-19,22,24,32-33H,4-6,15-16,20-21,23H2,1-3H3,(H2,36,37)(H,39,43)/t24?,32-,33-/m0/s1. The molecule has 2 aliphatic rings. The molecule has 6 rings (SSSR count). The van der Waals surface area contributed by atoms with Crippen LogP contribution < -0.4 is 11.1 Å². The molecule has 9 heteroatoms. The number of carbonyl (C=O) groups excluding carboxylic acids is 1. The monoisotopic (exact) mass is 593 g/mol. The minimum absolute atomic E-state index is 0.0510. The van der Waals surface area contributed by atoms with E-state index in [1.807, 2.05) is 13.2 Å². The van der Waals surface area contributed by atoms with Crippen LogP contribution in [0.15, 0.2) is 73.2 Å². The first-order valence-electron chi connectivity index (χ1n) is 15.6. The van der Waals surface area contributed by atoms with Crippen LogP contribution in [0.2, 0.25) is 0 Å². The summed E-state index contributed by atoms with van der Waals surface area (Å²) in [5, 5.41) is 7.37. The molecule has 3 N–H and O–H groups in total. The van der Waals surface area contributed by atoms with Crippen LogP contribution in [0.3, 0.4) is 0 Å². The van der Waals surface area contributed by atoms with Gasteiger partial charge in [0.15, 0.2) is 0 Å². The summed E-state index contributed by atoms with van der Waals surface area (Å²) in [5.74, 6) is -0.0142. The Balaban J connectivity index is 1.02. The summed E-state index contributed by atoms with van der Waals surface area (Å²) in [4.78, 5) is 22.5. The number of nitrogen functional groups attached to an aromatic ring is 1. The fourth-order valence-electron chi connectivity index (χ4n) is 6.37. The molecule has 1 saturated carbocycles. The molecular formula is C35H43N7O2. The first-order valence-corrected chi connectivity index (χ1v) is 15.6. The highest BCUT2D eigenvalue weighted by atomic mass is 16.5. The molecular weight excluding hydrogens is 550 g/mol. The smallest absolute Gasteiger partial charge is 0.255 e. The van der Waals surface area contributed by atoms with Crippen molar-refractivity contribution in [3.8, 4) is 22.3 Å². The van der Waals surface area contributed by atoms with Gasteiger partial charge < -0.3 is 20.7 Å². The lowest BCUT2D eigenvalue weighted by Crippen LogP contribution is -2.49. The van der Waals surface area contributed by atoms with Crippen molar-refractivity contribution in [2.45, 2.75) is 57.5 Å². The number of benzene rings is 2. The van der Waals surface area contributed by atoms with Crippen molar-refractivity contribution in [1.29, 1.82) is 0 Å². The van der Waals surface area contributed by atoms with Crippen molar-refractivity contribution in [1.82, 2.24) is 29.9 Å². The number of nitrogens with two attached hydrogens (primary N) is 1. The van der Waals surface area contributed by atoms with Crippen molar-refractivity contribution in [2.24, 2.45) is 7.05 Å². The van der Waals surface area contributed by atoms with Crippen molar-refractivity contribution in [3.05, 3.63) is 89.9 Å². The van der Waals surface area contributed by atoms with Crippen molar-refractivity contribution >= 4 is 11.7 Å². The number of rotatable bonds is 9. The van der Waals surface area contributed by atoms with Gasteiger partial charge in [-0.15, -0.1) is 0 Å². The van der Waals surface area contributed by atoms with Crippen LogP contribution in [-0.2, 0) is 24.9 Å². The second-order valence-electron chi connectivity index (χ2n) is 12.4. The number of carbonyl (C=O) groups is 1. The van der Waals surface area contributed by atoms with E-state index in [0.29, 0.717) is 18.2 Å². The maximum Gasteiger partial charge on any atom is 0.255 e. The van der Waals surface area contributed by atoms with Crippen LogP contribution in [0.25, 0.3) is 22.3 Å². The predicted octanol–water partition coefficient (Wildman–Crippen LogP) is 4.73. The lowest BCUT2D eigenvalue weighted by molar-refractivity contribution is 0.0272. The molecule has 1 aliphatic carbocycles. The molecule has 3 heterocycles. The number of anilines is 1. The molecule has 230 valence electrons. The molecule has 9 nitrogen and oxygen atoms in total. The summed E-state index contributed by atoms with van der Waals surface area (Å²) in [6.07, 6.45) is 8.02. The van der Waals surface area contributed by atoms with E-state index in [1.54, 1.807) is 23.1 Å². The van der Waals surface area contributed by atoms with Gasteiger partial charge in [0.25, 0.3) is 5.91 Å². The Hall–Kier alpha value is -4.05. The van der Waals surface area contributed by atoms with Gasteiger partial charge in [-0.25, -0.2) is 4.98 Å². The van der Waals surface area contributed by atoms with Gasteiger partial charge in [0.2, 0.25) is 0 Å². The Morgan fingerprint density at radius 1 is 0.955 bits per heavy atom. The molecule has 3 atom stereocenters. The molecule has 2 aromatic heterocycles. The zero-order valence-corrected chi connectivity index (χ0v) is 25.9. The fourth-order valence-corrected chi connectivity index (χ4v) is 6.37. The van der Waals surface area contributed by atoms with Crippen LogP contribution in [-0.4, -0.2) is 75.3 Å². The minimum Gasteiger partial charge on any atom is -0.383 e. The van der Waals surface area contributed by atoms with Gasteiger partial charge in [-0.05, 0) is 61.6 Å². The lowest BCUT2D eigenvalue weighted by atomic mass is 10.0.